The first kappa shape index (κ1) is 21.3. The van der Waals surface area contributed by atoms with Crippen molar-refractivity contribution in [3.05, 3.63) is 119 Å². The predicted molar refractivity (Wildman–Crippen MR) is 133 cm³/mol. The summed E-state index contributed by atoms with van der Waals surface area (Å²) in [5.41, 5.74) is 6.46. The van der Waals surface area contributed by atoms with E-state index in [0.29, 0.717) is 11.7 Å². The van der Waals surface area contributed by atoms with E-state index in [2.05, 4.69) is 51.8 Å². The molecule has 0 radical (unpaired) electrons. The van der Waals surface area contributed by atoms with Gasteiger partial charge in [-0.05, 0) is 79.7 Å². The summed E-state index contributed by atoms with van der Waals surface area (Å²) in [5, 5.41) is 4.24. The zero-order valence-corrected chi connectivity index (χ0v) is 19.4. The highest BCUT2D eigenvalue weighted by Crippen LogP contribution is 2.42. The van der Waals surface area contributed by atoms with Gasteiger partial charge in [-0.1, -0.05) is 36.4 Å². The van der Waals surface area contributed by atoms with Crippen molar-refractivity contribution in [3.63, 3.8) is 0 Å². The third-order valence-electron chi connectivity index (χ3n) is 6.27. The van der Waals surface area contributed by atoms with E-state index in [-0.39, 0.29) is 17.9 Å². The molecule has 0 saturated carbocycles. The summed E-state index contributed by atoms with van der Waals surface area (Å²) >= 11 is 5.82. The molecule has 0 unspecified atom stereocenters. The number of benzene rings is 2. The molecule has 6 heteroatoms. The maximum absolute atomic E-state index is 13.5. The van der Waals surface area contributed by atoms with Crippen LogP contribution in [0.5, 0.6) is 0 Å². The average Bonchev–Trinajstić information content (AvgIpc) is 3.31. The Morgan fingerprint density at radius 3 is 2.39 bits per heavy atom. The van der Waals surface area contributed by atoms with Gasteiger partial charge in [-0.25, -0.2) is 4.39 Å². The van der Waals surface area contributed by atoms with Crippen LogP contribution in [-0.2, 0) is 6.54 Å². The number of thiocarbonyl (C=S) groups is 1. The number of nitrogens with one attached hydrogen (secondary N) is 1. The van der Waals surface area contributed by atoms with Gasteiger partial charge in [0.05, 0.1) is 17.8 Å². The van der Waals surface area contributed by atoms with Crippen molar-refractivity contribution < 1.29 is 4.39 Å². The lowest BCUT2D eigenvalue weighted by Gasteiger charge is -2.28. The van der Waals surface area contributed by atoms with E-state index in [1.807, 2.05) is 54.7 Å². The lowest BCUT2D eigenvalue weighted by molar-refractivity contribution is 0.310. The molecular weight excluding hydrogens is 431 g/mol. The number of hydrogen-bond acceptors (Lipinski definition) is 2. The van der Waals surface area contributed by atoms with Crippen LogP contribution in [0.3, 0.4) is 0 Å². The van der Waals surface area contributed by atoms with E-state index in [9.17, 15) is 4.39 Å². The number of hydrogen-bond donors (Lipinski definition) is 1. The van der Waals surface area contributed by atoms with Gasteiger partial charge in [0.2, 0.25) is 0 Å². The number of rotatable bonds is 5. The molecule has 1 fully saturated rings. The fraction of sp³-hybridized carbons (Fsp3) is 0.185. The largest absolute Gasteiger partial charge is 0.352 e. The predicted octanol–water partition coefficient (Wildman–Crippen LogP) is 5.80. The average molecular weight is 457 g/mol. The van der Waals surface area contributed by atoms with Crippen molar-refractivity contribution in [2.24, 2.45) is 0 Å². The number of nitrogens with zero attached hydrogens (tertiary/aromatic N) is 3. The lowest BCUT2D eigenvalue weighted by atomic mass is 9.96. The molecule has 2 atom stereocenters. The molecule has 2 aromatic carbocycles. The summed E-state index contributed by atoms with van der Waals surface area (Å²) < 4.78 is 15.7. The highest BCUT2D eigenvalue weighted by Gasteiger charge is 2.41. The van der Waals surface area contributed by atoms with Crippen molar-refractivity contribution >= 4 is 17.3 Å². The van der Waals surface area contributed by atoms with E-state index in [1.165, 1.54) is 23.3 Å². The normalized spacial score (nSPS) is 17.9. The zero-order valence-electron chi connectivity index (χ0n) is 18.6. The van der Waals surface area contributed by atoms with E-state index in [1.54, 1.807) is 0 Å². The minimum atomic E-state index is -0.240. The Labute approximate surface area is 198 Å². The zero-order chi connectivity index (χ0) is 22.9. The molecule has 0 amide bonds. The highest BCUT2D eigenvalue weighted by atomic mass is 32.1. The quantitative estimate of drug-likeness (QED) is 0.385. The molecule has 4 aromatic rings. The van der Waals surface area contributed by atoms with Gasteiger partial charge in [0.15, 0.2) is 5.11 Å². The Kier molecular flexibility index (Phi) is 5.68. The van der Waals surface area contributed by atoms with Crippen molar-refractivity contribution in [2.75, 3.05) is 0 Å². The van der Waals surface area contributed by atoms with Gasteiger partial charge in [0.1, 0.15) is 5.82 Å². The summed E-state index contributed by atoms with van der Waals surface area (Å²) in [6.07, 6.45) is 1.82. The van der Waals surface area contributed by atoms with Gasteiger partial charge in [-0.3, -0.25) is 4.98 Å². The maximum atomic E-state index is 13.5. The van der Waals surface area contributed by atoms with Crippen LogP contribution in [0.15, 0.2) is 85.1 Å². The summed E-state index contributed by atoms with van der Waals surface area (Å²) in [4.78, 5) is 6.89. The molecule has 2 aromatic heterocycles. The molecule has 5 rings (SSSR count). The number of aromatic nitrogens is 2. The van der Waals surface area contributed by atoms with Crippen LogP contribution in [-0.4, -0.2) is 19.6 Å². The molecule has 1 aliphatic heterocycles. The second-order valence-corrected chi connectivity index (χ2v) is 8.77. The molecular formula is C27H25FN4S. The van der Waals surface area contributed by atoms with Crippen molar-refractivity contribution in [1.29, 1.82) is 0 Å². The number of pyridine rings is 1. The summed E-state index contributed by atoms with van der Waals surface area (Å²) in [5.74, 6) is -0.240. The minimum absolute atomic E-state index is 0.0343. The third kappa shape index (κ3) is 4.02. The van der Waals surface area contributed by atoms with Crippen LogP contribution >= 0.6 is 12.2 Å². The summed E-state index contributed by atoms with van der Waals surface area (Å²) in [7, 11) is 0. The fourth-order valence-corrected chi connectivity index (χ4v) is 5.07. The second kappa shape index (κ2) is 8.79. The topological polar surface area (TPSA) is 33.1 Å². The number of halogens is 1. The Morgan fingerprint density at radius 2 is 1.70 bits per heavy atom. The van der Waals surface area contributed by atoms with Gasteiger partial charge in [-0.2, -0.15) is 0 Å². The second-order valence-electron chi connectivity index (χ2n) is 8.38. The maximum Gasteiger partial charge on any atom is 0.170 e. The van der Waals surface area contributed by atoms with Crippen LogP contribution in [0.2, 0.25) is 0 Å². The van der Waals surface area contributed by atoms with E-state index < -0.39 is 0 Å². The summed E-state index contributed by atoms with van der Waals surface area (Å²) in [6.45, 7) is 4.89. The first-order valence-electron chi connectivity index (χ1n) is 11.0. The molecule has 0 spiro atoms. The Hall–Kier alpha value is -3.51. The SMILES string of the molecule is Cc1cc([C@H]2[C@H](c3ccccn3)NC(=S)N2Cc2ccccc2)c(C)n1-c1ccc(F)cc1. The van der Waals surface area contributed by atoms with Crippen LogP contribution in [0.25, 0.3) is 5.69 Å². The molecule has 0 aliphatic carbocycles. The van der Waals surface area contributed by atoms with Gasteiger partial charge in [-0.15, -0.1) is 0 Å². The van der Waals surface area contributed by atoms with Crippen LogP contribution in [0.4, 0.5) is 4.39 Å². The third-order valence-corrected chi connectivity index (χ3v) is 6.62. The monoisotopic (exact) mass is 456 g/mol. The van der Waals surface area contributed by atoms with Gasteiger partial charge in [0.25, 0.3) is 0 Å². The van der Waals surface area contributed by atoms with E-state index in [0.717, 1.165) is 22.8 Å². The first-order valence-corrected chi connectivity index (χ1v) is 11.4. The van der Waals surface area contributed by atoms with Crippen molar-refractivity contribution in [2.45, 2.75) is 32.5 Å². The molecule has 166 valence electrons. The van der Waals surface area contributed by atoms with E-state index >= 15 is 0 Å². The summed E-state index contributed by atoms with van der Waals surface area (Å²) in [6, 6.07) is 25.1. The fourth-order valence-electron chi connectivity index (χ4n) is 4.77. The molecule has 0 bridgehead atoms. The molecule has 3 heterocycles. The Balaban J connectivity index is 1.61. The van der Waals surface area contributed by atoms with Crippen molar-refractivity contribution in [1.82, 2.24) is 19.8 Å². The Morgan fingerprint density at radius 1 is 0.970 bits per heavy atom. The molecule has 1 N–H and O–H groups in total. The lowest BCUT2D eigenvalue weighted by Crippen LogP contribution is -2.29. The van der Waals surface area contributed by atoms with Gasteiger partial charge in [0, 0.05) is 29.8 Å². The smallest absolute Gasteiger partial charge is 0.170 e. The molecule has 33 heavy (non-hydrogen) atoms. The standard InChI is InChI=1S/C27H25FN4S/c1-18-16-23(19(2)32(18)22-13-11-21(28)12-14-22)26-25(24-10-6-7-15-29-24)30-27(33)31(26)17-20-8-4-3-5-9-20/h3-16,25-26H,17H2,1-2H3,(H,30,33)/t25-,26-/m0/s1. The Bertz CT molecular complexity index is 1270. The van der Waals surface area contributed by atoms with Crippen molar-refractivity contribution in [3.8, 4) is 5.69 Å². The van der Waals surface area contributed by atoms with Crippen LogP contribution in [0.1, 0.15) is 40.3 Å². The molecule has 4 nitrogen and oxygen atoms in total. The van der Waals surface area contributed by atoms with Gasteiger partial charge < -0.3 is 14.8 Å². The first-order chi connectivity index (χ1) is 16.0. The van der Waals surface area contributed by atoms with E-state index in [4.69, 9.17) is 12.2 Å². The van der Waals surface area contributed by atoms with Crippen LogP contribution in [0, 0.1) is 19.7 Å². The number of aryl methyl sites for hydroxylation is 1. The molecule has 1 saturated heterocycles. The minimum Gasteiger partial charge on any atom is -0.352 e. The van der Waals surface area contributed by atoms with Gasteiger partial charge >= 0.3 is 0 Å². The highest BCUT2D eigenvalue weighted by molar-refractivity contribution is 7.80. The molecule has 1 aliphatic rings. The van der Waals surface area contributed by atoms with Crippen LogP contribution < -0.4 is 5.32 Å².